The summed E-state index contributed by atoms with van der Waals surface area (Å²) in [4.78, 5) is 17.4. The lowest BCUT2D eigenvalue weighted by molar-refractivity contribution is 0.0822. The Kier molecular flexibility index (Phi) is 5.13. The van der Waals surface area contributed by atoms with E-state index >= 15 is 0 Å². The number of aromatic nitrogens is 1. The van der Waals surface area contributed by atoms with Gasteiger partial charge >= 0.3 is 0 Å². The van der Waals surface area contributed by atoms with Crippen LogP contribution in [0.4, 0.5) is 5.69 Å². The SMILES string of the molecule is CC(C)CC(C)Nc1ccnc(C(=O)N(C)C)c1. The lowest BCUT2D eigenvalue weighted by atomic mass is 10.1. The number of nitrogens with one attached hydrogen (secondary N) is 1. The van der Waals surface area contributed by atoms with Crippen molar-refractivity contribution in [2.24, 2.45) is 5.92 Å². The molecule has 0 aliphatic heterocycles. The molecule has 0 saturated heterocycles. The van der Waals surface area contributed by atoms with Gasteiger partial charge in [0, 0.05) is 32.0 Å². The number of hydrogen-bond donors (Lipinski definition) is 1. The van der Waals surface area contributed by atoms with E-state index in [9.17, 15) is 4.79 Å². The Hall–Kier alpha value is -1.58. The molecule has 1 rings (SSSR count). The van der Waals surface area contributed by atoms with E-state index in [4.69, 9.17) is 0 Å². The number of amides is 1. The smallest absolute Gasteiger partial charge is 0.272 e. The summed E-state index contributed by atoms with van der Waals surface area (Å²) in [6.45, 7) is 6.55. The molecule has 0 aliphatic carbocycles. The second-order valence-corrected chi connectivity index (χ2v) is 5.30. The molecule has 1 amide bonds. The first kappa shape index (κ1) is 14.5. The Morgan fingerprint density at radius 3 is 2.61 bits per heavy atom. The molecule has 0 bridgehead atoms. The van der Waals surface area contributed by atoms with E-state index < -0.39 is 0 Å². The predicted octanol–water partition coefficient (Wildman–Crippen LogP) is 2.63. The van der Waals surface area contributed by atoms with Crippen LogP contribution in [0.1, 0.15) is 37.7 Å². The van der Waals surface area contributed by atoms with E-state index in [1.54, 1.807) is 26.4 Å². The molecule has 4 nitrogen and oxygen atoms in total. The van der Waals surface area contributed by atoms with E-state index in [0.717, 1.165) is 12.1 Å². The number of pyridine rings is 1. The maximum Gasteiger partial charge on any atom is 0.272 e. The van der Waals surface area contributed by atoms with Gasteiger partial charge in [0.1, 0.15) is 5.69 Å². The summed E-state index contributed by atoms with van der Waals surface area (Å²) in [5.41, 5.74) is 1.42. The van der Waals surface area contributed by atoms with Gasteiger partial charge in [0.15, 0.2) is 0 Å². The highest BCUT2D eigenvalue weighted by Crippen LogP contribution is 2.14. The molecule has 0 fully saturated rings. The molecule has 1 unspecified atom stereocenters. The van der Waals surface area contributed by atoms with Crippen molar-refractivity contribution in [3.63, 3.8) is 0 Å². The molecule has 1 aromatic heterocycles. The molecular formula is C14H23N3O. The minimum Gasteiger partial charge on any atom is -0.382 e. The number of carbonyl (C=O) groups excluding carboxylic acids is 1. The molecule has 1 atom stereocenters. The average molecular weight is 249 g/mol. The third kappa shape index (κ3) is 4.35. The summed E-state index contributed by atoms with van der Waals surface area (Å²) < 4.78 is 0. The van der Waals surface area contributed by atoms with E-state index in [0.29, 0.717) is 17.7 Å². The standard InChI is InChI=1S/C14H23N3O/c1-10(2)8-11(3)16-12-6-7-15-13(9-12)14(18)17(4)5/h6-7,9-11H,8H2,1-5H3,(H,15,16). The Labute approximate surface area is 109 Å². The fourth-order valence-electron chi connectivity index (χ4n) is 1.92. The largest absolute Gasteiger partial charge is 0.382 e. The van der Waals surface area contributed by atoms with Crippen molar-refractivity contribution in [1.29, 1.82) is 0 Å². The summed E-state index contributed by atoms with van der Waals surface area (Å²) in [6, 6.07) is 4.08. The molecule has 0 saturated carbocycles. The van der Waals surface area contributed by atoms with Crippen molar-refractivity contribution in [2.75, 3.05) is 19.4 Å². The number of hydrogen-bond acceptors (Lipinski definition) is 3. The number of carbonyl (C=O) groups is 1. The van der Waals surface area contributed by atoms with Crippen LogP contribution in [0.25, 0.3) is 0 Å². The highest BCUT2D eigenvalue weighted by molar-refractivity contribution is 5.92. The summed E-state index contributed by atoms with van der Waals surface area (Å²) >= 11 is 0. The summed E-state index contributed by atoms with van der Waals surface area (Å²) in [5, 5.41) is 3.40. The molecule has 0 spiro atoms. The van der Waals surface area contributed by atoms with Crippen LogP contribution in [0.3, 0.4) is 0 Å². The monoisotopic (exact) mass is 249 g/mol. The zero-order valence-electron chi connectivity index (χ0n) is 11.9. The molecule has 1 aromatic rings. The van der Waals surface area contributed by atoms with Gasteiger partial charge in [-0.2, -0.15) is 0 Å². The first-order valence-corrected chi connectivity index (χ1v) is 6.34. The third-order valence-corrected chi connectivity index (χ3v) is 2.62. The van der Waals surface area contributed by atoms with Crippen molar-refractivity contribution < 1.29 is 4.79 Å². The molecule has 0 aliphatic rings. The average Bonchev–Trinajstić information content (AvgIpc) is 2.26. The molecular weight excluding hydrogens is 226 g/mol. The van der Waals surface area contributed by atoms with Gasteiger partial charge in [-0.15, -0.1) is 0 Å². The van der Waals surface area contributed by atoms with Gasteiger partial charge in [-0.05, 0) is 31.4 Å². The van der Waals surface area contributed by atoms with E-state index in [-0.39, 0.29) is 5.91 Å². The Morgan fingerprint density at radius 2 is 2.06 bits per heavy atom. The van der Waals surface area contributed by atoms with Gasteiger partial charge < -0.3 is 10.2 Å². The molecule has 0 aromatic carbocycles. The van der Waals surface area contributed by atoms with Crippen molar-refractivity contribution in [3.8, 4) is 0 Å². The van der Waals surface area contributed by atoms with Crippen LogP contribution in [-0.2, 0) is 0 Å². The van der Waals surface area contributed by atoms with Gasteiger partial charge in [-0.1, -0.05) is 13.8 Å². The van der Waals surface area contributed by atoms with E-state index in [1.165, 1.54) is 4.90 Å². The first-order chi connectivity index (χ1) is 8.40. The third-order valence-electron chi connectivity index (χ3n) is 2.62. The highest BCUT2D eigenvalue weighted by atomic mass is 16.2. The van der Waals surface area contributed by atoms with Crippen LogP contribution < -0.4 is 5.32 Å². The van der Waals surface area contributed by atoms with Crippen LogP contribution in [0.15, 0.2) is 18.3 Å². The van der Waals surface area contributed by atoms with Crippen molar-refractivity contribution in [3.05, 3.63) is 24.0 Å². The van der Waals surface area contributed by atoms with Crippen LogP contribution in [0.2, 0.25) is 0 Å². The number of nitrogens with zero attached hydrogens (tertiary/aromatic N) is 2. The fraction of sp³-hybridized carbons (Fsp3) is 0.571. The molecule has 18 heavy (non-hydrogen) atoms. The van der Waals surface area contributed by atoms with Crippen LogP contribution >= 0.6 is 0 Å². The van der Waals surface area contributed by atoms with Gasteiger partial charge in [0.2, 0.25) is 0 Å². The van der Waals surface area contributed by atoms with Gasteiger partial charge in [0.05, 0.1) is 0 Å². The zero-order valence-corrected chi connectivity index (χ0v) is 11.9. The van der Waals surface area contributed by atoms with Crippen molar-refractivity contribution >= 4 is 11.6 Å². The van der Waals surface area contributed by atoms with Crippen molar-refractivity contribution in [2.45, 2.75) is 33.2 Å². The Balaban J connectivity index is 2.73. The molecule has 1 heterocycles. The number of anilines is 1. The lowest BCUT2D eigenvalue weighted by Crippen LogP contribution is -2.23. The Bertz CT molecular complexity index is 402. The minimum absolute atomic E-state index is 0.0739. The van der Waals surface area contributed by atoms with Crippen LogP contribution in [-0.4, -0.2) is 35.9 Å². The maximum absolute atomic E-state index is 11.8. The minimum atomic E-state index is -0.0739. The topological polar surface area (TPSA) is 45.2 Å². The second-order valence-electron chi connectivity index (χ2n) is 5.30. The van der Waals surface area contributed by atoms with E-state index in [2.05, 4.69) is 31.1 Å². The Morgan fingerprint density at radius 1 is 1.39 bits per heavy atom. The fourth-order valence-corrected chi connectivity index (χ4v) is 1.92. The van der Waals surface area contributed by atoms with Gasteiger partial charge in [0.25, 0.3) is 5.91 Å². The first-order valence-electron chi connectivity index (χ1n) is 6.34. The summed E-state index contributed by atoms with van der Waals surface area (Å²) in [7, 11) is 3.46. The maximum atomic E-state index is 11.8. The predicted molar refractivity (Wildman–Crippen MR) is 74.8 cm³/mol. The molecule has 4 heteroatoms. The zero-order chi connectivity index (χ0) is 13.7. The van der Waals surface area contributed by atoms with Gasteiger partial charge in [-0.25, -0.2) is 0 Å². The normalized spacial score (nSPS) is 12.3. The van der Waals surface area contributed by atoms with Crippen LogP contribution in [0, 0.1) is 5.92 Å². The highest BCUT2D eigenvalue weighted by Gasteiger charge is 2.11. The number of rotatable bonds is 5. The van der Waals surface area contributed by atoms with E-state index in [1.807, 2.05) is 6.07 Å². The quantitative estimate of drug-likeness (QED) is 0.872. The van der Waals surface area contributed by atoms with Gasteiger partial charge in [-0.3, -0.25) is 9.78 Å². The summed E-state index contributed by atoms with van der Waals surface area (Å²) in [6.07, 6.45) is 2.76. The van der Waals surface area contributed by atoms with Crippen molar-refractivity contribution in [1.82, 2.24) is 9.88 Å². The second kappa shape index (κ2) is 6.38. The van der Waals surface area contributed by atoms with Crippen LogP contribution in [0.5, 0.6) is 0 Å². The molecule has 0 radical (unpaired) electrons. The lowest BCUT2D eigenvalue weighted by Gasteiger charge is -2.18. The molecule has 1 N–H and O–H groups in total. The summed E-state index contributed by atoms with van der Waals surface area (Å²) in [5.74, 6) is 0.576. The molecule has 100 valence electrons.